The monoisotopic (exact) mass is 314 g/mol. The summed E-state index contributed by atoms with van der Waals surface area (Å²) in [6.07, 6.45) is 6.89. The first-order valence-corrected chi connectivity index (χ1v) is 9.23. The van der Waals surface area contributed by atoms with Gasteiger partial charge in [-0.15, -0.1) is 0 Å². The van der Waals surface area contributed by atoms with Crippen LogP contribution in [0.3, 0.4) is 0 Å². The molecule has 1 heterocycles. The lowest BCUT2D eigenvalue weighted by molar-refractivity contribution is -0.139. The number of rotatable bonds is 6. The third-order valence-corrected chi connectivity index (χ3v) is 5.60. The zero-order chi connectivity index (χ0) is 16.1. The van der Waals surface area contributed by atoms with Gasteiger partial charge in [0.1, 0.15) is 0 Å². The molecule has 1 saturated carbocycles. The van der Waals surface area contributed by atoms with Crippen molar-refractivity contribution in [1.29, 1.82) is 0 Å². The van der Waals surface area contributed by atoms with Crippen LogP contribution in [0.15, 0.2) is 30.3 Å². The molecular formula is C20H30N2O. The highest BCUT2D eigenvalue weighted by Gasteiger charge is 2.31. The first kappa shape index (κ1) is 16.5. The third kappa shape index (κ3) is 4.57. The second-order valence-electron chi connectivity index (χ2n) is 7.39. The summed E-state index contributed by atoms with van der Waals surface area (Å²) in [5.74, 6) is 1.43. The fourth-order valence-electron chi connectivity index (χ4n) is 3.67. The second-order valence-corrected chi connectivity index (χ2v) is 7.39. The van der Waals surface area contributed by atoms with Crippen molar-refractivity contribution in [3.63, 3.8) is 0 Å². The van der Waals surface area contributed by atoms with Gasteiger partial charge in [-0.1, -0.05) is 36.8 Å². The van der Waals surface area contributed by atoms with Crippen molar-refractivity contribution in [2.24, 2.45) is 11.8 Å². The maximum Gasteiger partial charge on any atom is 0.225 e. The molecule has 1 amide bonds. The van der Waals surface area contributed by atoms with Crippen LogP contribution in [0.25, 0.3) is 0 Å². The number of piperidine rings is 1. The number of likely N-dealkylation sites (tertiary alicyclic amines) is 1. The van der Waals surface area contributed by atoms with Crippen molar-refractivity contribution >= 4 is 5.91 Å². The molecule has 1 aromatic rings. The zero-order valence-electron chi connectivity index (χ0n) is 14.4. The average Bonchev–Trinajstić information content (AvgIpc) is 2.52. The van der Waals surface area contributed by atoms with Gasteiger partial charge in [-0.25, -0.2) is 0 Å². The molecule has 0 atom stereocenters. The average molecular weight is 314 g/mol. The van der Waals surface area contributed by atoms with E-state index in [4.69, 9.17) is 0 Å². The van der Waals surface area contributed by atoms with E-state index in [-0.39, 0.29) is 0 Å². The predicted molar refractivity (Wildman–Crippen MR) is 94.3 cm³/mol. The van der Waals surface area contributed by atoms with E-state index in [9.17, 15) is 4.79 Å². The van der Waals surface area contributed by atoms with E-state index in [0.717, 1.165) is 32.4 Å². The molecule has 1 aliphatic carbocycles. The Balaban J connectivity index is 1.57. The van der Waals surface area contributed by atoms with Crippen LogP contribution in [-0.4, -0.2) is 48.9 Å². The van der Waals surface area contributed by atoms with Crippen LogP contribution in [-0.2, 0) is 11.2 Å². The molecule has 1 aromatic carbocycles. The molecular weight excluding hydrogens is 284 g/mol. The van der Waals surface area contributed by atoms with Crippen LogP contribution in [0.1, 0.15) is 37.7 Å². The Labute approximate surface area is 140 Å². The number of nitrogens with zero attached hydrogens (tertiary/aromatic N) is 2. The normalized spacial score (nSPS) is 20.2. The third-order valence-electron chi connectivity index (χ3n) is 5.60. The molecule has 0 radical (unpaired) electrons. The van der Waals surface area contributed by atoms with Crippen LogP contribution in [0.4, 0.5) is 0 Å². The number of carbonyl (C=O) groups excluding carboxylic acids is 1. The molecule has 0 bridgehead atoms. The molecule has 0 aromatic heterocycles. The fraction of sp³-hybridized carbons (Fsp3) is 0.650. The number of hydrogen-bond donors (Lipinski definition) is 0. The lowest BCUT2D eigenvalue weighted by atomic mass is 9.84. The Morgan fingerprint density at radius 1 is 1.13 bits per heavy atom. The van der Waals surface area contributed by atoms with Gasteiger partial charge in [-0.05, 0) is 63.7 Å². The quantitative estimate of drug-likeness (QED) is 0.805. The van der Waals surface area contributed by atoms with Gasteiger partial charge in [0.15, 0.2) is 0 Å². The van der Waals surface area contributed by atoms with E-state index < -0.39 is 0 Å². The van der Waals surface area contributed by atoms with Gasteiger partial charge in [0.25, 0.3) is 0 Å². The molecule has 3 heteroatoms. The first-order chi connectivity index (χ1) is 11.2. The molecule has 2 fully saturated rings. The van der Waals surface area contributed by atoms with Gasteiger partial charge in [-0.2, -0.15) is 0 Å². The van der Waals surface area contributed by atoms with E-state index in [0.29, 0.717) is 17.7 Å². The minimum Gasteiger partial charge on any atom is -0.342 e. The summed E-state index contributed by atoms with van der Waals surface area (Å²) in [5, 5.41) is 0. The molecule has 0 unspecified atom stereocenters. The van der Waals surface area contributed by atoms with Gasteiger partial charge >= 0.3 is 0 Å². The van der Waals surface area contributed by atoms with E-state index in [1.165, 1.54) is 37.9 Å². The van der Waals surface area contributed by atoms with Crippen LogP contribution < -0.4 is 0 Å². The van der Waals surface area contributed by atoms with Crippen molar-refractivity contribution < 1.29 is 4.79 Å². The lowest BCUT2D eigenvalue weighted by Gasteiger charge is -2.36. The summed E-state index contributed by atoms with van der Waals surface area (Å²) in [6, 6.07) is 10.6. The highest BCUT2D eigenvalue weighted by molar-refractivity contribution is 5.79. The summed E-state index contributed by atoms with van der Waals surface area (Å²) in [5.41, 5.74) is 1.34. The number of carbonyl (C=O) groups is 1. The van der Waals surface area contributed by atoms with Gasteiger partial charge in [0.05, 0.1) is 0 Å². The van der Waals surface area contributed by atoms with Crippen molar-refractivity contribution in [3.05, 3.63) is 35.9 Å². The van der Waals surface area contributed by atoms with Gasteiger partial charge in [0.2, 0.25) is 5.91 Å². The van der Waals surface area contributed by atoms with Crippen LogP contribution >= 0.6 is 0 Å². The van der Waals surface area contributed by atoms with E-state index in [2.05, 4.69) is 47.2 Å². The Hall–Kier alpha value is -1.35. The summed E-state index contributed by atoms with van der Waals surface area (Å²) in [6.45, 7) is 4.20. The molecule has 23 heavy (non-hydrogen) atoms. The molecule has 1 saturated heterocycles. The van der Waals surface area contributed by atoms with Crippen LogP contribution in [0.5, 0.6) is 0 Å². The molecule has 1 aliphatic heterocycles. The standard InChI is InChI=1S/C20H30N2O/c1-21-13-10-18(11-14-21)16-22(20(23)19-8-5-9-19)15-12-17-6-3-2-4-7-17/h2-4,6-7,18-19H,5,8-16H2,1H3. The molecule has 0 N–H and O–H groups in total. The number of benzene rings is 1. The zero-order valence-corrected chi connectivity index (χ0v) is 14.4. The summed E-state index contributed by atoms with van der Waals surface area (Å²) in [7, 11) is 2.20. The smallest absolute Gasteiger partial charge is 0.225 e. The van der Waals surface area contributed by atoms with Gasteiger partial charge in [-0.3, -0.25) is 4.79 Å². The summed E-state index contributed by atoms with van der Waals surface area (Å²) < 4.78 is 0. The Morgan fingerprint density at radius 2 is 1.83 bits per heavy atom. The first-order valence-electron chi connectivity index (χ1n) is 9.23. The minimum atomic E-state index is 0.317. The van der Waals surface area contributed by atoms with Crippen LogP contribution in [0, 0.1) is 11.8 Å². The highest BCUT2D eigenvalue weighted by Crippen LogP contribution is 2.29. The van der Waals surface area contributed by atoms with Gasteiger partial charge in [0, 0.05) is 19.0 Å². The van der Waals surface area contributed by atoms with E-state index in [1.54, 1.807) is 0 Å². The predicted octanol–water partition coefficient (Wildman–Crippen LogP) is 3.20. The Bertz CT molecular complexity index is 490. The number of amides is 1. The second kappa shape index (κ2) is 7.96. The Kier molecular flexibility index (Phi) is 5.71. The van der Waals surface area contributed by atoms with Crippen molar-refractivity contribution in [3.8, 4) is 0 Å². The van der Waals surface area contributed by atoms with Gasteiger partial charge < -0.3 is 9.80 Å². The molecule has 0 spiro atoms. The SMILES string of the molecule is CN1CCC(CN(CCc2ccccc2)C(=O)C2CCC2)CC1. The molecule has 3 rings (SSSR count). The van der Waals surface area contributed by atoms with Crippen LogP contribution in [0.2, 0.25) is 0 Å². The lowest BCUT2D eigenvalue weighted by Crippen LogP contribution is -2.44. The largest absolute Gasteiger partial charge is 0.342 e. The van der Waals surface area contributed by atoms with E-state index >= 15 is 0 Å². The minimum absolute atomic E-state index is 0.317. The molecule has 2 aliphatic rings. The topological polar surface area (TPSA) is 23.6 Å². The molecule has 3 nitrogen and oxygen atoms in total. The highest BCUT2D eigenvalue weighted by atomic mass is 16.2. The fourth-order valence-corrected chi connectivity index (χ4v) is 3.67. The maximum absolute atomic E-state index is 12.8. The Morgan fingerprint density at radius 3 is 2.43 bits per heavy atom. The van der Waals surface area contributed by atoms with E-state index in [1.807, 2.05) is 0 Å². The molecule has 126 valence electrons. The van der Waals surface area contributed by atoms with Crippen molar-refractivity contribution in [2.45, 2.75) is 38.5 Å². The van der Waals surface area contributed by atoms with Crippen molar-refractivity contribution in [2.75, 3.05) is 33.2 Å². The maximum atomic E-state index is 12.8. The summed E-state index contributed by atoms with van der Waals surface area (Å²) in [4.78, 5) is 17.4. The number of hydrogen-bond acceptors (Lipinski definition) is 2. The van der Waals surface area contributed by atoms with Crippen molar-refractivity contribution in [1.82, 2.24) is 9.80 Å². The summed E-state index contributed by atoms with van der Waals surface area (Å²) >= 11 is 0.